The first-order valence-corrected chi connectivity index (χ1v) is 5.59. The van der Waals surface area contributed by atoms with E-state index in [9.17, 15) is 4.79 Å². The first kappa shape index (κ1) is 12.3. The number of rotatable bonds is 4. The number of benzene rings is 1. The maximum atomic E-state index is 10.6. The largest absolute Gasteiger partial charge is 0.490 e. The molecule has 15 heavy (non-hydrogen) atoms. The third-order valence-corrected chi connectivity index (χ3v) is 2.42. The molecule has 0 unspecified atom stereocenters. The molecule has 0 bridgehead atoms. The van der Waals surface area contributed by atoms with Crippen molar-refractivity contribution in [2.24, 2.45) is 0 Å². The van der Waals surface area contributed by atoms with Gasteiger partial charge in [-0.2, -0.15) is 0 Å². The standard InChI is InChI=1S/C10H11BrClNO2/c1-7(14)13-4-5-15-10-3-2-8(11)6-9(10)12/h2-3,6H,4-5H2,1H3,(H,13,14). The zero-order valence-corrected chi connectivity index (χ0v) is 10.6. The van der Waals surface area contributed by atoms with Gasteiger partial charge in [-0.1, -0.05) is 27.5 Å². The number of carbonyl (C=O) groups excluding carboxylic acids is 1. The fourth-order valence-electron chi connectivity index (χ4n) is 0.980. The molecule has 5 heteroatoms. The molecule has 0 aromatic heterocycles. The van der Waals surface area contributed by atoms with E-state index in [1.165, 1.54) is 6.92 Å². The van der Waals surface area contributed by atoms with E-state index >= 15 is 0 Å². The highest BCUT2D eigenvalue weighted by Crippen LogP contribution is 2.27. The molecule has 0 aliphatic rings. The van der Waals surface area contributed by atoms with Gasteiger partial charge in [-0.15, -0.1) is 0 Å². The Balaban J connectivity index is 2.40. The van der Waals surface area contributed by atoms with Crippen molar-refractivity contribution in [1.29, 1.82) is 0 Å². The van der Waals surface area contributed by atoms with Gasteiger partial charge in [-0.3, -0.25) is 4.79 Å². The van der Waals surface area contributed by atoms with Crippen LogP contribution in [0.1, 0.15) is 6.92 Å². The molecule has 82 valence electrons. The molecular weight excluding hydrogens is 281 g/mol. The van der Waals surface area contributed by atoms with Crippen molar-refractivity contribution in [2.75, 3.05) is 13.2 Å². The lowest BCUT2D eigenvalue weighted by atomic mass is 10.3. The Morgan fingerprint density at radius 3 is 2.93 bits per heavy atom. The van der Waals surface area contributed by atoms with E-state index in [0.29, 0.717) is 23.9 Å². The average molecular weight is 293 g/mol. The van der Waals surface area contributed by atoms with E-state index in [0.717, 1.165) is 4.47 Å². The molecule has 1 rings (SSSR count). The molecule has 0 saturated heterocycles. The van der Waals surface area contributed by atoms with Crippen LogP contribution in [-0.2, 0) is 4.79 Å². The zero-order chi connectivity index (χ0) is 11.3. The van der Waals surface area contributed by atoms with E-state index in [-0.39, 0.29) is 5.91 Å². The van der Waals surface area contributed by atoms with Crippen LogP contribution in [0.4, 0.5) is 0 Å². The van der Waals surface area contributed by atoms with Crippen molar-refractivity contribution in [1.82, 2.24) is 5.32 Å². The number of amides is 1. The molecule has 1 aromatic carbocycles. The second-order valence-electron chi connectivity index (χ2n) is 2.91. The van der Waals surface area contributed by atoms with Gasteiger partial charge in [0.05, 0.1) is 11.6 Å². The molecule has 0 saturated carbocycles. The van der Waals surface area contributed by atoms with Crippen molar-refractivity contribution in [3.8, 4) is 5.75 Å². The molecule has 0 aliphatic carbocycles. The quantitative estimate of drug-likeness (QED) is 0.866. The van der Waals surface area contributed by atoms with Gasteiger partial charge >= 0.3 is 0 Å². The van der Waals surface area contributed by atoms with Crippen LogP contribution in [0.3, 0.4) is 0 Å². The van der Waals surface area contributed by atoms with Crippen molar-refractivity contribution in [2.45, 2.75) is 6.92 Å². The lowest BCUT2D eigenvalue weighted by Gasteiger charge is -2.08. The molecule has 0 aliphatic heterocycles. The summed E-state index contributed by atoms with van der Waals surface area (Å²) in [5.41, 5.74) is 0. The highest BCUT2D eigenvalue weighted by atomic mass is 79.9. The number of carbonyl (C=O) groups is 1. The first-order valence-electron chi connectivity index (χ1n) is 4.42. The molecule has 0 radical (unpaired) electrons. The van der Waals surface area contributed by atoms with E-state index in [1.54, 1.807) is 12.1 Å². The number of hydrogen-bond donors (Lipinski definition) is 1. The highest BCUT2D eigenvalue weighted by molar-refractivity contribution is 9.10. The van der Waals surface area contributed by atoms with Crippen LogP contribution in [0, 0.1) is 0 Å². The molecule has 0 fully saturated rings. The fraction of sp³-hybridized carbons (Fsp3) is 0.300. The fourth-order valence-corrected chi connectivity index (χ4v) is 1.71. The average Bonchev–Trinajstić information content (AvgIpc) is 2.14. The lowest BCUT2D eigenvalue weighted by Crippen LogP contribution is -2.25. The third-order valence-electron chi connectivity index (χ3n) is 1.63. The highest BCUT2D eigenvalue weighted by Gasteiger charge is 2.01. The van der Waals surface area contributed by atoms with Gasteiger partial charge in [-0.05, 0) is 18.2 Å². The van der Waals surface area contributed by atoms with Gasteiger partial charge in [0.1, 0.15) is 12.4 Å². The SMILES string of the molecule is CC(=O)NCCOc1ccc(Br)cc1Cl. The zero-order valence-electron chi connectivity index (χ0n) is 8.22. The Labute approximate surface area is 102 Å². The van der Waals surface area contributed by atoms with Gasteiger partial charge in [0, 0.05) is 11.4 Å². The molecule has 3 nitrogen and oxygen atoms in total. The summed E-state index contributed by atoms with van der Waals surface area (Å²) in [5.74, 6) is 0.547. The molecule has 0 atom stereocenters. The summed E-state index contributed by atoms with van der Waals surface area (Å²) >= 11 is 9.23. The summed E-state index contributed by atoms with van der Waals surface area (Å²) in [5, 5.41) is 3.18. The second-order valence-corrected chi connectivity index (χ2v) is 4.23. The summed E-state index contributed by atoms with van der Waals surface area (Å²) in [6.07, 6.45) is 0. The van der Waals surface area contributed by atoms with Crippen LogP contribution in [0.5, 0.6) is 5.75 Å². The van der Waals surface area contributed by atoms with Crippen LogP contribution in [0.2, 0.25) is 5.02 Å². The van der Waals surface area contributed by atoms with Crippen LogP contribution >= 0.6 is 27.5 Å². The summed E-state index contributed by atoms with van der Waals surface area (Å²) < 4.78 is 6.28. The minimum atomic E-state index is -0.0690. The normalized spacial score (nSPS) is 9.80. The third kappa shape index (κ3) is 4.53. The van der Waals surface area contributed by atoms with Gasteiger partial charge in [0.2, 0.25) is 5.91 Å². The van der Waals surface area contributed by atoms with E-state index in [2.05, 4.69) is 21.2 Å². The Hall–Kier alpha value is -0.740. The van der Waals surface area contributed by atoms with E-state index in [4.69, 9.17) is 16.3 Å². The van der Waals surface area contributed by atoms with Crippen molar-refractivity contribution in [3.63, 3.8) is 0 Å². The second kappa shape index (κ2) is 5.98. The number of nitrogens with one attached hydrogen (secondary N) is 1. The predicted octanol–water partition coefficient (Wildman–Crippen LogP) is 2.62. The first-order chi connectivity index (χ1) is 7.09. The molecular formula is C10H11BrClNO2. The predicted molar refractivity (Wildman–Crippen MR) is 63.3 cm³/mol. The smallest absolute Gasteiger partial charge is 0.216 e. The van der Waals surface area contributed by atoms with E-state index < -0.39 is 0 Å². The van der Waals surface area contributed by atoms with Crippen molar-refractivity contribution < 1.29 is 9.53 Å². The minimum absolute atomic E-state index is 0.0690. The number of ether oxygens (including phenoxy) is 1. The van der Waals surface area contributed by atoms with Crippen molar-refractivity contribution >= 4 is 33.4 Å². The number of halogens is 2. The van der Waals surface area contributed by atoms with Gasteiger partial charge in [0.15, 0.2) is 0 Å². The van der Waals surface area contributed by atoms with Crippen LogP contribution in [0.15, 0.2) is 22.7 Å². The summed E-state index contributed by atoms with van der Waals surface area (Å²) in [6, 6.07) is 5.38. The Bertz CT molecular complexity index is 357. The molecule has 0 heterocycles. The van der Waals surface area contributed by atoms with Crippen LogP contribution < -0.4 is 10.1 Å². The lowest BCUT2D eigenvalue weighted by molar-refractivity contribution is -0.119. The Morgan fingerprint density at radius 1 is 1.60 bits per heavy atom. The van der Waals surface area contributed by atoms with Crippen LogP contribution in [0.25, 0.3) is 0 Å². The van der Waals surface area contributed by atoms with Crippen LogP contribution in [-0.4, -0.2) is 19.1 Å². The maximum Gasteiger partial charge on any atom is 0.216 e. The van der Waals surface area contributed by atoms with Gasteiger partial charge in [-0.25, -0.2) is 0 Å². The minimum Gasteiger partial charge on any atom is -0.490 e. The molecule has 1 N–H and O–H groups in total. The summed E-state index contributed by atoms with van der Waals surface area (Å²) in [4.78, 5) is 10.6. The molecule has 1 amide bonds. The number of hydrogen-bond acceptors (Lipinski definition) is 2. The van der Waals surface area contributed by atoms with Gasteiger partial charge < -0.3 is 10.1 Å². The monoisotopic (exact) mass is 291 g/mol. The summed E-state index contributed by atoms with van der Waals surface area (Å²) in [7, 11) is 0. The van der Waals surface area contributed by atoms with E-state index in [1.807, 2.05) is 6.07 Å². The van der Waals surface area contributed by atoms with Crippen molar-refractivity contribution in [3.05, 3.63) is 27.7 Å². The van der Waals surface area contributed by atoms with Gasteiger partial charge in [0.25, 0.3) is 0 Å². The maximum absolute atomic E-state index is 10.6. The Morgan fingerprint density at radius 2 is 2.33 bits per heavy atom. The Kier molecular flexibility index (Phi) is 4.91. The molecule has 0 spiro atoms. The topological polar surface area (TPSA) is 38.3 Å². The summed E-state index contributed by atoms with van der Waals surface area (Å²) in [6.45, 7) is 2.34. The molecule has 1 aromatic rings.